The number of imide groups is 1. The fourth-order valence-electron chi connectivity index (χ4n) is 4.54. The summed E-state index contributed by atoms with van der Waals surface area (Å²) in [5.41, 5.74) is 0.426. The molecule has 0 bridgehead atoms. The molecular weight excluding hydrogens is 360 g/mol. The number of esters is 1. The maximum Gasteiger partial charge on any atom is 0.325 e. The Kier molecular flexibility index (Phi) is 5.46. The van der Waals surface area contributed by atoms with E-state index in [1.165, 1.54) is 4.90 Å². The number of hydrogen-bond donors (Lipinski definition) is 0. The molecule has 3 fully saturated rings. The minimum Gasteiger partial charge on any atom is -0.426 e. The number of piperidine rings is 1. The van der Waals surface area contributed by atoms with Crippen molar-refractivity contribution in [1.29, 1.82) is 0 Å². The predicted octanol–water partition coefficient (Wildman–Crippen LogP) is 2.14. The molecule has 28 heavy (non-hydrogen) atoms. The minimum atomic E-state index is -0.331. The van der Waals surface area contributed by atoms with Gasteiger partial charge in [-0.2, -0.15) is 0 Å². The zero-order valence-electron chi connectivity index (χ0n) is 16.0. The third-order valence-corrected chi connectivity index (χ3v) is 6.00. The third-order valence-electron chi connectivity index (χ3n) is 6.00. The minimum absolute atomic E-state index is 0.111. The summed E-state index contributed by atoms with van der Waals surface area (Å²) in [5, 5.41) is 0. The van der Waals surface area contributed by atoms with Gasteiger partial charge in [-0.3, -0.25) is 24.2 Å². The van der Waals surface area contributed by atoms with Crippen LogP contribution in [0.2, 0.25) is 0 Å². The van der Waals surface area contributed by atoms with Crippen LogP contribution in [0.1, 0.15) is 38.5 Å². The molecule has 2 heterocycles. The number of nitrogens with zero attached hydrogens (tertiary/aromatic N) is 2. The molecule has 3 aliphatic rings. The number of carbonyl (C=O) groups is 3. The number of hydrogen-bond acceptors (Lipinski definition) is 6. The summed E-state index contributed by atoms with van der Waals surface area (Å²) in [6, 6.07) is 6.60. The second-order valence-electron chi connectivity index (χ2n) is 8.04. The highest BCUT2D eigenvalue weighted by atomic mass is 16.5. The maximum absolute atomic E-state index is 12.7. The van der Waals surface area contributed by atoms with Crippen molar-refractivity contribution in [3.05, 3.63) is 24.3 Å². The number of ether oxygens (including phenoxy) is 2. The molecule has 7 nitrogen and oxygen atoms in total. The third kappa shape index (κ3) is 4.10. The van der Waals surface area contributed by atoms with Gasteiger partial charge in [-0.05, 0) is 42.5 Å². The van der Waals surface area contributed by atoms with Gasteiger partial charge in [0.15, 0.2) is 0 Å². The van der Waals surface area contributed by atoms with Crippen molar-refractivity contribution in [2.75, 3.05) is 37.7 Å². The molecule has 150 valence electrons. The summed E-state index contributed by atoms with van der Waals surface area (Å²) in [6.45, 7) is 2.90. The van der Waals surface area contributed by atoms with Crippen LogP contribution in [-0.2, 0) is 19.1 Å². The normalized spacial score (nSPS) is 22.6. The van der Waals surface area contributed by atoms with Gasteiger partial charge in [-0.1, -0.05) is 12.8 Å². The molecule has 7 heteroatoms. The first-order chi connectivity index (χ1) is 13.5. The average molecular weight is 386 g/mol. The second-order valence-corrected chi connectivity index (χ2v) is 8.04. The molecule has 2 saturated heterocycles. The van der Waals surface area contributed by atoms with Crippen molar-refractivity contribution in [2.24, 2.45) is 5.41 Å². The first-order valence-electron chi connectivity index (χ1n) is 10.0. The summed E-state index contributed by atoms with van der Waals surface area (Å²) < 4.78 is 10.6. The van der Waals surface area contributed by atoms with E-state index in [-0.39, 0.29) is 29.7 Å². The van der Waals surface area contributed by atoms with Crippen LogP contribution in [-0.4, -0.2) is 55.5 Å². The molecule has 4 rings (SSSR count). The van der Waals surface area contributed by atoms with Crippen LogP contribution in [0.4, 0.5) is 5.69 Å². The Labute approximate surface area is 164 Å². The fraction of sp³-hybridized carbons (Fsp3) is 0.571. The molecular formula is C21H26N2O5. The summed E-state index contributed by atoms with van der Waals surface area (Å²) in [4.78, 5) is 40.7. The SMILES string of the molecule is O=C(CN1CCOCC1)Oc1ccc(N2C(=O)CC3(CCCC3)CC2=O)cc1. The van der Waals surface area contributed by atoms with E-state index in [0.717, 1.165) is 25.7 Å². The Balaban J connectivity index is 1.37. The first kappa shape index (κ1) is 19.1. The van der Waals surface area contributed by atoms with Gasteiger partial charge in [0.1, 0.15) is 5.75 Å². The number of anilines is 1. The zero-order chi connectivity index (χ0) is 19.6. The summed E-state index contributed by atoms with van der Waals surface area (Å²) in [6.07, 6.45) is 5.02. The summed E-state index contributed by atoms with van der Waals surface area (Å²) >= 11 is 0. The second kappa shape index (κ2) is 8.01. The van der Waals surface area contributed by atoms with Crippen LogP contribution in [0.3, 0.4) is 0 Å². The van der Waals surface area contributed by atoms with Crippen molar-refractivity contribution in [2.45, 2.75) is 38.5 Å². The van der Waals surface area contributed by atoms with Crippen LogP contribution >= 0.6 is 0 Å². The van der Waals surface area contributed by atoms with Crippen molar-refractivity contribution in [1.82, 2.24) is 4.90 Å². The molecule has 1 spiro atoms. The average Bonchev–Trinajstić information content (AvgIpc) is 3.10. The van der Waals surface area contributed by atoms with Crippen molar-refractivity contribution in [3.63, 3.8) is 0 Å². The van der Waals surface area contributed by atoms with Crippen LogP contribution in [0.15, 0.2) is 24.3 Å². The lowest BCUT2D eigenvalue weighted by Crippen LogP contribution is -2.47. The van der Waals surface area contributed by atoms with Crippen LogP contribution in [0.5, 0.6) is 5.75 Å². The van der Waals surface area contributed by atoms with Crippen molar-refractivity contribution >= 4 is 23.5 Å². The Morgan fingerprint density at radius 2 is 1.61 bits per heavy atom. The Morgan fingerprint density at radius 3 is 2.21 bits per heavy atom. The van der Waals surface area contributed by atoms with Crippen LogP contribution in [0.25, 0.3) is 0 Å². The van der Waals surface area contributed by atoms with Gasteiger partial charge >= 0.3 is 5.97 Å². The molecule has 1 aromatic carbocycles. The predicted molar refractivity (Wildman–Crippen MR) is 102 cm³/mol. The van der Waals surface area contributed by atoms with Gasteiger partial charge < -0.3 is 9.47 Å². The zero-order valence-corrected chi connectivity index (χ0v) is 16.0. The van der Waals surface area contributed by atoms with Gasteiger partial charge in [-0.25, -0.2) is 0 Å². The van der Waals surface area contributed by atoms with Gasteiger partial charge in [-0.15, -0.1) is 0 Å². The van der Waals surface area contributed by atoms with Crippen LogP contribution < -0.4 is 9.64 Å². The molecule has 0 aromatic heterocycles. The Morgan fingerprint density at radius 1 is 1.00 bits per heavy atom. The number of morpholine rings is 1. The van der Waals surface area contributed by atoms with E-state index in [1.54, 1.807) is 24.3 Å². The smallest absolute Gasteiger partial charge is 0.325 e. The van der Waals surface area contributed by atoms with E-state index in [2.05, 4.69) is 0 Å². The molecule has 1 saturated carbocycles. The largest absolute Gasteiger partial charge is 0.426 e. The number of amides is 2. The molecule has 0 N–H and O–H groups in total. The Hall–Kier alpha value is -2.25. The molecule has 1 aliphatic carbocycles. The number of carbonyl (C=O) groups excluding carboxylic acids is 3. The lowest BCUT2D eigenvalue weighted by molar-refractivity contribution is -0.137. The van der Waals surface area contributed by atoms with Crippen molar-refractivity contribution < 1.29 is 23.9 Å². The fourth-order valence-corrected chi connectivity index (χ4v) is 4.54. The molecule has 0 unspecified atom stereocenters. The topological polar surface area (TPSA) is 76.2 Å². The lowest BCUT2D eigenvalue weighted by Gasteiger charge is -2.37. The van der Waals surface area contributed by atoms with Gasteiger partial charge in [0.25, 0.3) is 0 Å². The lowest BCUT2D eigenvalue weighted by atomic mass is 9.76. The maximum atomic E-state index is 12.7. The number of benzene rings is 1. The molecule has 1 aromatic rings. The first-order valence-corrected chi connectivity index (χ1v) is 10.0. The highest BCUT2D eigenvalue weighted by molar-refractivity contribution is 6.17. The van der Waals surface area contributed by atoms with Crippen LogP contribution in [0, 0.1) is 5.41 Å². The van der Waals surface area contributed by atoms with E-state index in [9.17, 15) is 14.4 Å². The molecule has 2 aliphatic heterocycles. The summed E-state index contributed by atoms with van der Waals surface area (Å²) in [5.74, 6) is -0.181. The monoisotopic (exact) mass is 386 g/mol. The van der Waals surface area contributed by atoms with E-state index >= 15 is 0 Å². The Bertz CT molecular complexity index is 729. The van der Waals surface area contributed by atoms with E-state index < -0.39 is 0 Å². The highest BCUT2D eigenvalue weighted by Crippen LogP contribution is 2.47. The van der Waals surface area contributed by atoms with E-state index in [4.69, 9.17) is 9.47 Å². The highest BCUT2D eigenvalue weighted by Gasteiger charge is 2.45. The summed E-state index contributed by atoms with van der Waals surface area (Å²) in [7, 11) is 0. The quantitative estimate of drug-likeness (QED) is 0.448. The molecule has 0 atom stereocenters. The van der Waals surface area contributed by atoms with Gasteiger partial charge in [0, 0.05) is 25.9 Å². The standard InChI is InChI=1S/C21H26N2O5/c24-18-13-21(7-1-2-8-21)14-19(25)23(18)16-3-5-17(6-4-16)28-20(26)15-22-9-11-27-12-10-22/h3-6H,1-2,7-15H2. The number of rotatable bonds is 4. The van der Waals surface area contributed by atoms with E-state index in [1.807, 2.05) is 4.90 Å². The van der Waals surface area contributed by atoms with Gasteiger partial charge in [0.05, 0.1) is 25.4 Å². The molecule has 2 amide bonds. The van der Waals surface area contributed by atoms with E-state index in [0.29, 0.717) is 50.6 Å². The van der Waals surface area contributed by atoms with Gasteiger partial charge in [0.2, 0.25) is 11.8 Å². The van der Waals surface area contributed by atoms with Crippen molar-refractivity contribution in [3.8, 4) is 5.75 Å². The molecule has 0 radical (unpaired) electrons.